The molecular formula is C16H19N7O3S. The number of aromatic hydroxyl groups is 1. The third-order valence-corrected chi connectivity index (χ3v) is 6.43. The molecule has 3 heterocycles. The van der Waals surface area contributed by atoms with E-state index in [0.717, 1.165) is 0 Å². The second kappa shape index (κ2) is 6.20. The van der Waals surface area contributed by atoms with Gasteiger partial charge in [0.1, 0.15) is 29.2 Å². The highest BCUT2D eigenvalue weighted by Crippen LogP contribution is 2.56. The second-order valence-electron chi connectivity index (χ2n) is 7.09. The molecule has 2 aliphatic rings. The number of tetrazole rings is 1. The van der Waals surface area contributed by atoms with Crippen molar-refractivity contribution in [1.29, 1.82) is 0 Å². The largest absolute Gasteiger partial charge is 0.508 e. The third kappa shape index (κ3) is 2.82. The van der Waals surface area contributed by atoms with E-state index in [1.165, 1.54) is 12.1 Å². The fourth-order valence-corrected chi connectivity index (χ4v) is 5.19. The number of aromatic nitrogens is 4. The average Bonchev–Trinajstić information content (AvgIpc) is 3.23. The molecule has 1 aromatic heterocycles. The predicted octanol–water partition coefficient (Wildman–Crippen LogP) is -0.175. The zero-order chi connectivity index (χ0) is 19.3. The van der Waals surface area contributed by atoms with Crippen molar-refractivity contribution in [2.45, 2.75) is 42.1 Å². The van der Waals surface area contributed by atoms with Crippen molar-refractivity contribution in [2.75, 3.05) is 0 Å². The number of aromatic amines is 1. The van der Waals surface area contributed by atoms with Crippen LogP contribution in [0.4, 0.5) is 0 Å². The van der Waals surface area contributed by atoms with Crippen molar-refractivity contribution in [3.63, 3.8) is 0 Å². The lowest BCUT2D eigenvalue weighted by atomic mass is 9.95. The molecule has 27 heavy (non-hydrogen) atoms. The number of H-pyrrole nitrogens is 1. The van der Waals surface area contributed by atoms with Gasteiger partial charge >= 0.3 is 0 Å². The number of amides is 2. The molecule has 5 N–H and O–H groups in total. The van der Waals surface area contributed by atoms with Crippen molar-refractivity contribution in [2.24, 2.45) is 5.73 Å². The summed E-state index contributed by atoms with van der Waals surface area (Å²) in [5.41, 5.74) is 6.46. The van der Waals surface area contributed by atoms with Crippen LogP contribution in [0.1, 0.15) is 37.3 Å². The summed E-state index contributed by atoms with van der Waals surface area (Å²) in [6.45, 7) is 4.00. The molecule has 10 nitrogen and oxygen atoms in total. The monoisotopic (exact) mass is 389 g/mol. The van der Waals surface area contributed by atoms with Crippen LogP contribution in [-0.2, 0) is 9.59 Å². The quantitative estimate of drug-likeness (QED) is 0.526. The molecule has 0 bridgehead atoms. The van der Waals surface area contributed by atoms with Gasteiger partial charge < -0.3 is 21.1 Å². The molecule has 0 radical (unpaired) electrons. The number of benzene rings is 1. The first kappa shape index (κ1) is 17.7. The van der Waals surface area contributed by atoms with E-state index in [2.05, 4.69) is 25.9 Å². The van der Waals surface area contributed by atoms with Gasteiger partial charge in [0.25, 0.3) is 0 Å². The topological polar surface area (TPSA) is 150 Å². The van der Waals surface area contributed by atoms with E-state index >= 15 is 0 Å². The van der Waals surface area contributed by atoms with Crippen LogP contribution in [0.25, 0.3) is 0 Å². The van der Waals surface area contributed by atoms with E-state index in [1.54, 1.807) is 28.8 Å². The minimum Gasteiger partial charge on any atom is -0.508 e. The molecule has 0 spiro atoms. The molecule has 0 saturated carbocycles. The number of rotatable bonds is 4. The third-order valence-electron chi connectivity index (χ3n) is 4.86. The highest BCUT2D eigenvalue weighted by molar-refractivity contribution is 8.01. The lowest BCUT2D eigenvalue weighted by Gasteiger charge is -2.44. The molecule has 4 atom stereocenters. The molecule has 2 amide bonds. The van der Waals surface area contributed by atoms with Crippen molar-refractivity contribution in [1.82, 2.24) is 30.8 Å². The molecule has 0 aliphatic carbocycles. The summed E-state index contributed by atoms with van der Waals surface area (Å²) in [4.78, 5) is 26.9. The Bertz CT molecular complexity index is 888. The molecule has 2 unspecified atom stereocenters. The normalized spacial score (nSPS) is 27.0. The fraction of sp³-hybridized carbons (Fsp3) is 0.438. The summed E-state index contributed by atoms with van der Waals surface area (Å²) < 4.78 is -0.336. The van der Waals surface area contributed by atoms with Crippen LogP contribution < -0.4 is 11.1 Å². The summed E-state index contributed by atoms with van der Waals surface area (Å²) >= 11 is 1.58. The van der Waals surface area contributed by atoms with Gasteiger partial charge in [-0.2, -0.15) is 5.21 Å². The van der Waals surface area contributed by atoms with Crippen molar-refractivity contribution in [3.8, 4) is 5.75 Å². The van der Waals surface area contributed by atoms with Gasteiger partial charge in [0.15, 0.2) is 5.82 Å². The van der Waals surface area contributed by atoms with E-state index in [1.807, 2.05) is 13.8 Å². The van der Waals surface area contributed by atoms with E-state index in [-0.39, 0.29) is 27.8 Å². The van der Waals surface area contributed by atoms with Gasteiger partial charge in [0.05, 0.1) is 0 Å². The van der Waals surface area contributed by atoms with E-state index in [9.17, 15) is 14.7 Å². The maximum absolute atomic E-state index is 12.7. The van der Waals surface area contributed by atoms with Crippen LogP contribution in [-0.4, -0.2) is 58.6 Å². The number of phenolic OH excluding ortho intramolecular Hbond substituents is 1. The maximum Gasteiger partial charge on any atom is 0.249 e. The molecule has 4 rings (SSSR count). The van der Waals surface area contributed by atoms with Gasteiger partial charge in [-0.25, -0.2) is 0 Å². The van der Waals surface area contributed by atoms with Crippen molar-refractivity contribution in [3.05, 3.63) is 35.7 Å². The van der Waals surface area contributed by atoms with Gasteiger partial charge in [-0.3, -0.25) is 9.59 Å². The Labute approximate surface area is 158 Å². The number of hydrogen-bond donors (Lipinski definition) is 4. The Balaban J connectivity index is 1.49. The second-order valence-corrected chi connectivity index (χ2v) is 8.86. The molecule has 11 heteroatoms. The summed E-state index contributed by atoms with van der Waals surface area (Å²) in [5, 5.41) is 26.1. The van der Waals surface area contributed by atoms with Crippen LogP contribution in [0.3, 0.4) is 0 Å². The van der Waals surface area contributed by atoms with Crippen LogP contribution in [0.15, 0.2) is 24.3 Å². The number of nitrogens with one attached hydrogen (secondary N) is 2. The first-order valence-corrected chi connectivity index (χ1v) is 9.26. The van der Waals surface area contributed by atoms with Gasteiger partial charge in [-0.05, 0) is 31.5 Å². The molecule has 2 aliphatic heterocycles. The zero-order valence-electron chi connectivity index (χ0n) is 14.7. The number of nitrogens with two attached hydrogens (primary N) is 1. The number of hydrogen-bond acceptors (Lipinski definition) is 8. The smallest absolute Gasteiger partial charge is 0.249 e. The molecule has 1 aromatic carbocycles. The van der Waals surface area contributed by atoms with Crippen LogP contribution in [0.2, 0.25) is 0 Å². The van der Waals surface area contributed by atoms with Crippen LogP contribution >= 0.6 is 11.8 Å². The SMILES string of the molecule is CC1(C)S[C@@H]2C(NC(=O)[C@@H](N)c3cccc(O)c3)C(=O)N2C1c1nn[nH]n1. The summed E-state index contributed by atoms with van der Waals surface area (Å²) in [6, 6.07) is 4.22. The molecule has 2 fully saturated rings. The summed E-state index contributed by atoms with van der Waals surface area (Å²) in [7, 11) is 0. The average molecular weight is 389 g/mol. The lowest BCUT2D eigenvalue weighted by molar-refractivity contribution is -0.152. The molecule has 2 aromatic rings. The minimum absolute atomic E-state index is 0.0256. The highest BCUT2D eigenvalue weighted by Gasteiger charge is 2.63. The van der Waals surface area contributed by atoms with Crippen molar-refractivity contribution >= 4 is 23.6 Å². The summed E-state index contributed by atoms with van der Waals surface area (Å²) in [5.74, 6) is -0.202. The number of nitrogens with zero attached hydrogens (tertiary/aromatic N) is 4. The lowest BCUT2D eigenvalue weighted by Crippen LogP contribution is -2.68. The first-order chi connectivity index (χ1) is 12.8. The van der Waals surface area contributed by atoms with Crippen molar-refractivity contribution < 1.29 is 14.7 Å². The molecule has 142 valence electrons. The highest BCUT2D eigenvalue weighted by atomic mass is 32.2. The number of phenols is 1. The standard InChI is InChI=1S/C16H19N7O3S/c1-16(2)11(12-19-21-22-20-12)23-14(26)10(15(23)27-16)18-13(25)9(17)7-4-3-5-8(24)6-7/h3-6,9-11,15,24H,17H2,1-2H3,(H,18,25)(H,19,20,21,22)/t9-,10?,11?,15+/m0/s1. The van der Waals surface area contributed by atoms with Crippen LogP contribution in [0, 0.1) is 0 Å². The Kier molecular flexibility index (Phi) is 4.07. The van der Waals surface area contributed by atoms with E-state index in [4.69, 9.17) is 5.73 Å². The van der Waals surface area contributed by atoms with Gasteiger partial charge in [0.2, 0.25) is 11.8 Å². The number of fused-ring (bicyclic) bond motifs is 1. The van der Waals surface area contributed by atoms with Crippen LogP contribution in [0.5, 0.6) is 5.75 Å². The summed E-state index contributed by atoms with van der Waals surface area (Å²) in [6.07, 6.45) is 0. The number of thioether (sulfide) groups is 1. The Morgan fingerprint density at radius 3 is 2.93 bits per heavy atom. The Morgan fingerprint density at radius 2 is 2.26 bits per heavy atom. The Morgan fingerprint density at radius 1 is 1.48 bits per heavy atom. The van der Waals surface area contributed by atoms with Gasteiger partial charge in [-0.15, -0.1) is 22.0 Å². The zero-order valence-corrected chi connectivity index (χ0v) is 15.5. The Hall–Kier alpha value is -2.66. The maximum atomic E-state index is 12.7. The number of β-lactam (4-membered cyclic amide) rings is 1. The van der Waals surface area contributed by atoms with Gasteiger partial charge in [-0.1, -0.05) is 17.3 Å². The first-order valence-electron chi connectivity index (χ1n) is 8.38. The number of carbonyl (C=O) groups excluding carboxylic acids is 2. The van der Waals surface area contributed by atoms with E-state index < -0.39 is 18.0 Å². The number of carbonyl (C=O) groups is 2. The predicted molar refractivity (Wildman–Crippen MR) is 96.2 cm³/mol. The fourth-order valence-electron chi connectivity index (χ4n) is 3.56. The van der Waals surface area contributed by atoms with Gasteiger partial charge in [0, 0.05) is 4.75 Å². The molecular weight excluding hydrogens is 370 g/mol. The van der Waals surface area contributed by atoms with E-state index in [0.29, 0.717) is 11.4 Å². The molecule has 2 saturated heterocycles. The minimum atomic E-state index is -0.980.